The number of hydrogen-bond acceptors (Lipinski definition) is 6. The van der Waals surface area contributed by atoms with Gasteiger partial charge in [0.1, 0.15) is 11.5 Å². The normalized spacial score (nSPS) is 14.8. The maximum absolute atomic E-state index is 12.8. The fourth-order valence-electron chi connectivity index (χ4n) is 2.99. The summed E-state index contributed by atoms with van der Waals surface area (Å²) in [6.45, 7) is 4.85. The first-order valence-electron chi connectivity index (χ1n) is 8.57. The SMILES string of the molecule is CCc1nsc(N2CCN(C(=O)c3ccc4ccc(Cl)cc4n3)CC2)n1. The third kappa shape index (κ3) is 3.37. The molecule has 1 aromatic carbocycles. The Hall–Kier alpha value is -2.25. The number of anilines is 1. The van der Waals surface area contributed by atoms with Gasteiger partial charge in [0.15, 0.2) is 0 Å². The number of halogens is 1. The molecule has 0 aliphatic carbocycles. The molecule has 0 bridgehead atoms. The second-order valence-corrected chi connectivity index (χ2v) is 7.33. The van der Waals surface area contributed by atoms with Crippen LogP contribution in [0.5, 0.6) is 0 Å². The Morgan fingerprint density at radius 3 is 2.65 bits per heavy atom. The van der Waals surface area contributed by atoms with Gasteiger partial charge in [0.25, 0.3) is 5.91 Å². The number of carbonyl (C=O) groups excluding carboxylic acids is 1. The molecule has 1 aliphatic rings. The van der Waals surface area contributed by atoms with E-state index in [0.717, 1.165) is 41.4 Å². The van der Waals surface area contributed by atoms with E-state index in [9.17, 15) is 4.79 Å². The van der Waals surface area contributed by atoms with Crippen LogP contribution in [-0.4, -0.2) is 51.3 Å². The molecule has 1 saturated heterocycles. The van der Waals surface area contributed by atoms with E-state index < -0.39 is 0 Å². The van der Waals surface area contributed by atoms with E-state index in [1.54, 1.807) is 12.1 Å². The van der Waals surface area contributed by atoms with Crippen molar-refractivity contribution < 1.29 is 4.79 Å². The van der Waals surface area contributed by atoms with E-state index in [-0.39, 0.29) is 5.91 Å². The predicted molar refractivity (Wildman–Crippen MR) is 104 cm³/mol. The number of amides is 1. The minimum Gasteiger partial charge on any atom is -0.343 e. The van der Waals surface area contributed by atoms with Gasteiger partial charge >= 0.3 is 0 Å². The van der Waals surface area contributed by atoms with Crippen LogP contribution in [0, 0.1) is 0 Å². The van der Waals surface area contributed by atoms with E-state index in [0.29, 0.717) is 23.8 Å². The minimum absolute atomic E-state index is 0.0435. The van der Waals surface area contributed by atoms with Crippen molar-refractivity contribution in [1.82, 2.24) is 19.2 Å². The van der Waals surface area contributed by atoms with E-state index in [2.05, 4.69) is 19.2 Å². The summed E-state index contributed by atoms with van der Waals surface area (Å²) < 4.78 is 4.34. The number of carbonyl (C=O) groups is 1. The third-order valence-corrected chi connectivity index (χ3v) is 5.53. The smallest absolute Gasteiger partial charge is 0.272 e. The van der Waals surface area contributed by atoms with Crippen molar-refractivity contribution in [2.24, 2.45) is 0 Å². The topological polar surface area (TPSA) is 62.2 Å². The van der Waals surface area contributed by atoms with Crippen molar-refractivity contribution in [3.8, 4) is 0 Å². The molecule has 1 fully saturated rings. The maximum atomic E-state index is 12.8. The number of piperazine rings is 1. The van der Waals surface area contributed by atoms with Gasteiger partial charge in [0.2, 0.25) is 5.13 Å². The Morgan fingerprint density at radius 1 is 1.15 bits per heavy atom. The quantitative estimate of drug-likeness (QED) is 0.690. The molecule has 0 spiro atoms. The minimum atomic E-state index is -0.0435. The molecule has 2 aromatic heterocycles. The van der Waals surface area contributed by atoms with Crippen molar-refractivity contribution in [2.75, 3.05) is 31.1 Å². The third-order valence-electron chi connectivity index (χ3n) is 4.48. The Balaban J connectivity index is 1.46. The predicted octanol–water partition coefficient (Wildman–Crippen LogP) is 3.26. The Bertz CT molecular complexity index is 952. The Labute approximate surface area is 160 Å². The molecule has 3 aromatic rings. The Morgan fingerprint density at radius 2 is 1.92 bits per heavy atom. The molecule has 6 nitrogen and oxygen atoms in total. The first-order valence-corrected chi connectivity index (χ1v) is 9.72. The number of hydrogen-bond donors (Lipinski definition) is 0. The fraction of sp³-hybridized carbons (Fsp3) is 0.333. The summed E-state index contributed by atoms with van der Waals surface area (Å²) >= 11 is 7.46. The molecule has 134 valence electrons. The summed E-state index contributed by atoms with van der Waals surface area (Å²) in [5.41, 5.74) is 1.19. The lowest BCUT2D eigenvalue weighted by Gasteiger charge is -2.34. The molecule has 3 heterocycles. The van der Waals surface area contributed by atoms with E-state index in [1.807, 2.05) is 30.0 Å². The van der Waals surface area contributed by atoms with Gasteiger partial charge in [-0.05, 0) is 18.2 Å². The monoisotopic (exact) mass is 387 g/mol. The fourth-order valence-corrected chi connectivity index (χ4v) is 3.96. The highest BCUT2D eigenvalue weighted by Gasteiger charge is 2.24. The summed E-state index contributed by atoms with van der Waals surface area (Å²) in [6, 6.07) is 9.21. The van der Waals surface area contributed by atoms with Gasteiger partial charge in [0.05, 0.1) is 5.52 Å². The Kier molecular flexibility index (Phi) is 4.74. The first kappa shape index (κ1) is 17.2. The number of aryl methyl sites for hydroxylation is 1. The number of pyridine rings is 1. The highest BCUT2D eigenvalue weighted by atomic mass is 35.5. The van der Waals surface area contributed by atoms with Crippen LogP contribution in [0.1, 0.15) is 23.2 Å². The molecule has 1 amide bonds. The molecule has 0 atom stereocenters. The van der Waals surface area contributed by atoms with Gasteiger partial charge in [-0.2, -0.15) is 4.37 Å². The molecule has 0 unspecified atom stereocenters. The molecule has 0 N–H and O–H groups in total. The van der Waals surface area contributed by atoms with Crippen LogP contribution >= 0.6 is 23.1 Å². The number of benzene rings is 1. The number of fused-ring (bicyclic) bond motifs is 1. The van der Waals surface area contributed by atoms with Crippen LogP contribution in [0.4, 0.5) is 5.13 Å². The lowest BCUT2D eigenvalue weighted by atomic mass is 10.2. The zero-order valence-electron chi connectivity index (χ0n) is 14.4. The molecular weight excluding hydrogens is 370 g/mol. The zero-order chi connectivity index (χ0) is 18.1. The second kappa shape index (κ2) is 7.17. The van der Waals surface area contributed by atoms with Gasteiger partial charge in [-0.15, -0.1) is 0 Å². The van der Waals surface area contributed by atoms with E-state index in [1.165, 1.54) is 11.5 Å². The van der Waals surface area contributed by atoms with Crippen LogP contribution < -0.4 is 4.90 Å². The lowest BCUT2D eigenvalue weighted by Crippen LogP contribution is -2.49. The summed E-state index contributed by atoms with van der Waals surface area (Å²) in [4.78, 5) is 25.9. The molecule has 4 rings (SSSR count). The average molecular weight is 388 g/mol. The summed E-state index contributed by atoms with van der Waals surface area (Å²) in [6.07, 6.45) is 0.840. The summed E-state index contributed by atoms with van der Waals surface area (Å²) in [5, 5.41) is 2.53. The van der Waals surface area contributed by atoms with Crippen molar-refractivity contribution in [3.05, 3.63) is 46.9 Å². The largest absolute Gasteiger partial charge is 0.343 e. The highest BCUT2D eigenvalue weighted by molar-refractivity contribution is 7.09. The number of rotatable bonds is 3. The van der Waals surface area contributed by atoms with Crippen molar-refractivity contribution in [1.29, 1.82) is 0 Å². The van der Waals surface area contributed by atoms with Crippen LogP contribution in [0.25, 0.3) is 10.9 Å². The maximum Gasteiger partial charge on any atom is 0.272 e. The van der Waals surface area contributed by atoms with Crippen molar-refractivity contribution >= 4 is 45.1 Å². The molecule has 0 saturated carbocycles. The van der Waals surface area contributed by atoms with Crippen molar-refractivity contribution in [2.45, 2.75) is 13.3 Å². The molecular formula is C18H18ClN5OS. The van der Waals surface area contributed by atoms with Crippen molar-refractivity contribution in [3.63, 3.8) is 0 Å². The van der Waals surface area contributed by atoms with E-state index in [4.69, 9.17) is 11.6 Å². The van der Waals surface area contributed by atoms with Gasteiger partial charge in [-0.25, -0.2) is 9.97 Å². The summed E-state index contributed by atoms with van der Waals surface area (Å²) in [7, 11) is 0. The van der Waals surface area contributed by atoms with Gasteiger partial charge in [-0.3, -0.25) is 4.79 Å². The standard InChI is InChI=1S/C18H18ClN5OS/c1-2-16-21-18(26-22-16)24-9-7-23(8-10-24)17(25)14-6-4-12-3-5-13(19)11-15(12)20-14/h3-6,11H,2,7-10H2,1H3. The van der Waals surface area contributed by atoms with Crippen LogP contribution in [0.2, 0.25) is 5.02 Å². The van der Waals surface area contributed by atoms with Gasteiger partial charge < -0.3 is 9.80 Å². The summed E-state index contributed by atoms with van der Waals surface area (Å²) in [5.74, 6) is 0.834. The first-order chi connectivity index (χ1) is 12.6. The zero-order valence-corrected chi connectivity index (χ0v) is 15.9. The van der Waals surface area contributed by atoms with Gasteiger partial charge in [-0.1, -0.05) is 30.7 Å². The van der Waals surface area contributed by atoms with E-state index >= 15 is 0 Å². The molecule has 1 aliphatic heterocycles. The van der Waals surface area contributed by atoms with Gasteiger partial charge in [0, 0.05) is 54.5 Å². The molecule has 0 radical (unpaired) electrons. The van der Waals surface area contributed by atoms with Crippen LogP contribution in [0.15, 0.2) is 30.3 Å². The van der Waals surface area contributed by atoms with Crippen LogP contribution in [-0.2, 0) is 6.42 Å². The lowest BCUT2D eigenvalue weighted by molar-refractivity contribution is 0.0741. The number of aromatic nitrogens is 3. The highest BCUT2D eigenvalue weighted by Crippen LogP contribution is 2.21. The second-order valence-electron chi connectivity index (χ2n) is 6.16. The number of nitrogens with zero attached hydrogens (tertiary/aromatic N) is 5. The molecule has 26 heavy (non-hydrogen) atoms. The van der Waals surface area contributed by atoms with Crippen LogP contribution in [0.3, 0.4) is 0 Å². The molecule has 8 heteroatoms. The average Bonchev–Trinajstić information content (AvgIpc) is 3.16.